The maximum atomic E-state index is 12.5. The molecular weight excluding hydrogens is 434 g/mol. The first kappa shape index (κ1) is 22.7. The van der Waals surface area contributed by atoms with Crippen LogP contribution in [0.15, 0.2) is 72.8 Å². The van der Waals surface area contributed by atoms with Crippen LogP contribution in [0.25, 0.3) is 17.1 Å². The summed E-state index contributed by atoms with van der Waals surface area (Å²) in [5.41, 5.74) is 3.61. The van der Waals surface area contributed by atoms with E-state index in [-0.39, 0.29) is 23.7 Å². The zero-order valence-corrected chi connectivity index (χ0v) is 18.9. The van der Waals surface area contributed by atoms with Gasteiger partial charge in [0.15, 0.2) is 5.82 Å². The third-order valence-electron chi connectivity index (χ3n) is 4.95. The summed E-state index contributed by atoms with van der Waals surface area (Å²) in [5.74, 6) is 0.273. The highest BCUT2D eigenvalue weighted by atomic mass is 16.6. The van der Waals surface area contributed by atoms with Crippen molar-refractivity contribution in [3.63, 3.8) is 0 Å². The summed E-state index contributed by atoms with van der Waals surface area (Å²) in [5, 5.41) is 18.1. The van der Waals surface area contributed by atoms with Gasteiger partial charge in [-0.05, 0) is 57.2 Å². The molecule has 4 rings (SSSR count). The van der Waals surface area contributed by atoms with Gasteiger partial charge in [-0.3, -0.25) is 14.9 Å². The maximum Gasteiger partial charge on any atom is 0.336 e. The van der Waals surface area contributed by atoms with E-state index in [2.05, 4.69) is 15.4 Å². The van der Waals surface area contributed by atoms with E-state index in [9.17, 15) is 14.9 Å². The predicted octanol–water partition coefficient (Wildman–Crippen LogP) is 5.19. The Balaban J connectivity index is 1.58. The number of rotatable bonds is 7. The molecule has 0 aliphatic rings. The van der Waals surface area contributed by atoms with Crippen LogP contribution in [0, 0.1) is 17.0 Å². The molecule has 0 aliphatic heterocycles. The average Bonchev–Trinajstić information content (AvgIpc) is 3.23. The van der Waals surface area contributed by atoms with Crippen molar-refractivity contribution in [2.24, 2.45) is 0 Å². The zero-order valence-electron chi connectivity index (χ0n) is 18.9. The van der Waals surface area contributed by atoms with Crippen molar-refractivity contribution in [3.05, 3.63) is 94.0 Å². The third-order valence-corrected chi connectivity index (χ3v) is 4.95. The minimum atomic E-state index is -0.507. The number of aryl methyl sites for hydroxylation is 1. The van der Waals surface area contributed by atoms with Gasteiger partial charge in [-0.2, -0.15) is 4.98 Å². The Labute approximate surface area is 196 Å². The third kappa shape index (κ3) is 5.09. The number of nitrogens with zero attached hydrogens (tertiary/aromatic N) is 4. The van der Waals surface area contributed by atoms with Gasteiger partial charge in [0, 0.05) is 28.9 Å². The van der Waals surface area contributed by atoms with Gasteiger partial charge in [-0.25, -0.2) is 4.68 Å². The normalized spacial score (nSPS) is 10.8. The van der Waals surface area contributed by atoms with Crippen LogP contribution in [0.3, 0.4) is 0 Å². The van der Waals surface area contributed by atoms with Crippen LogP contribution in [0.1, 0.15) is 29.8 Å². The highest BCUT2D eigenvalue weighted by Gasteiger charge is 2.16. The van der Waals surface area contributed by atoms with Crippen LogP contribution in [0.4, 0.5) is 11.4 Å². The molecule has 0 bridgehead atoms. The Kier molecular flexibility index (Phi) is 6.35. The lowest BCUT2D eigenvalue weighted by Crippen LogP contribution is -2.12. The van der Waals surface area contributed by atoms with Crippen LogP contribution >= 0.6 is 0 Å². The molecule has 9 nitrogen and oxygen atoms in total. The number of hydrogen-bond acceptors (Lipinski definition) is 6. The van der Waals surface area contributed by atoms with E-state index in [0.717, 1.165) is 16.8 Å². The lowest BCUT2D eigenvalue weighted by atomic mass is 10.1. The number of benzene rings is 3. The maximum absolute atomic E-state index is 12.5. The Morgan fingerprint density at radius 1 is 1.00 bits per heavy atom. The second-order valence-electron chi connectivity index (χ2n) is 7.97. The highest BCUT2D eigenvalue weighted by Crippen LogP contribution is 2.25. The summed E-state index contributed by atoms with van der Waals surface area (Å²) in [6, 6.07) is 20.8. The molecule has 0 spiro atoms. The van der Waals surface area contributed by atoms with Crippen molar-refractivity contribution in [2.45, 2.75) is 26.9 Å². The molecule has 1 amide bonds. The van der Waals surface area contributed by atoms with Gasteiger partial charge in [0.25, 0.3) is 11.6 Å². The number of non-ortho nitro benzene ring substituents is 1. The van der Waals surface area contributed by atoms with Crippen molar-refractivity contribution in [1.29, 1.82) is 0 Å². The number of carbonyl (C=O) groups excluding carboxylic acids is 1. The topological polar surface area (TPSA) is 112 Å². The Morgan fingerprint density at radius 3 is 2.24 bits per heavy atom. The molecule has 9 heteroatoms. The average molecular weight is 457 g/mol. The van der Waals surface area contributed by atoms with Crippen LogP contribution in [0.5, 0.6) is 6.01 Å². The van der Waals surface area contributed by atoms with E-state index in [1.165, 1.54) is 24.3 Å². The number of aromatic nitrogens is 3. The largest absolute Gasteiger partial charge is 0.460 e. The second kappa shape index (κ2) is 9.53. The lowest BCUT2D eigenvalue weighted by molar-refractivity contribution is -0.384. The number of anilines is 1. The summed E-state index contributed by atoms with van der Waals surface area (Å²) in [4.78, 5) is 27.4. The molecule has 34 heavy (non-hydrogen) atoms. The number of amides is 1. The predicted molar refractivity (Wildman–Crippen MR) is 128 cm³/mol. The Morgan fingerprint density at radius 2 is 1.65 bits per heavy atom. The molecule has 1 aromatic heterocycles. The minimum absolute atomic E-state index is 0.0704. The summed E-state index contributed by atoms with van der Waals surface area (Å²) in [6.45, 7) is 5.84. The fourth-order valence-electron chi connectivity index (χ4n) is 3.25. The quantitative estimate of drug-likeness (QED) is 0.302. The van der Waals surface area contributed by atoms with Gasteiger partial charge >= 0.3 is 6.01 Å². The number of nitrogens with one attached hydrogen (secondary N) is 1. The number of carbonyl (C=O) groups is 1. The van der Waals surface area contributed by atoms with E-state index < -0.39 is 4.92 Å². The minimum Gasteiger partial charge on any atom is -0.460 e. The standard InChI is InChI=1S/C25H23N5O4/c1-16(2)34-25-27-23(18-6-4-17(3)5-7-18)29(28-25)21-14-10-20(11-15-21)26-24(31)19-8-12-22(13-9-19)30(32)33/h4-16H,1-3H3,(H,26,31). The Hall–Kier alpha value is -4.53. The van der Waals surface area contributed by atoms with Crippen LogP contribution in [0.2, 0.25) is 0 Å². The molecule has 0 saturated carbocycles. The van der Waals surface area contributed by atoms with Crippen molar-refractivity contribution in [1.82, 2.24) is 14.8 Å². The van der Waals surface area contributed by atoms with Gasteiger partial charge in [0.1, 0.15) is 0 Å². The van der Waals surface area contributed by atoms with Gasteiger partial charge in [-0.15, -0.1) is 5.10 Å². The first-order valence-corrected chi connectivity index (χ1v) is 10.7. The Bertz CT molecular complexity index is 1310. The van der Waals surface area contributed by atoms with Crippen molar-refractivity contribution in [2.75, 3.05) is 5.32 Å². The number of ether oxygens (including phenoxy) is 1. The van der Waals surface area contributed by atoms with E-state index in [4.69, 9.17) is 4.74 Å². The first-order valence-electron chi connectivity index (χ1n) is 10.7. The van der Waals surface area contributed by atoms with Gasteiger partial charge in [0.2, 0.25) is 0 Å². The smallest absolute Gasteiger partial charge is 0.336 e. The molecule has 1 heterocycles. The van der Waals surface area contributed by atoms with E-state index in [1.807, 2.05) is 57.2 Å². The molecule has 0 saturated heterocycles. The fraction of sp³-hybridized carbons (Fsp3) is 0.160. The van der Waals surface area contributed by atoms with E-state index in [0.29, 0.717) is 17.1 Å². The SMILES string of the molecule is Cc1ccc(-c2nc(OC(C)C)nn2-c2ccc(NC(=O)c3ccc([N+](=O)[O-])cc3)cc2)cc1. The van der Waals surface area contributed by atoms with E-state index in [1.54, 1.807) is 16.8 Å². The zero-order chi connectivity index (χ0) is 24.2. The molecular formula is C25H23N5O4. The second-order valence-corrected chi connectivity index (χ2v) is 7.97. The van der Waals surface area contributed by atoms with Gasteiger partial charge in [0.05, 0.1) is 16.7 Å². The molecule has 0 unspecified atom stereocenters. The highest BCUT2D eigenvalue weighted by molar-refractivity contribution is 6.04. The molecule has 0 fully saturated rings. The first-order chi connectivity index (χ1) is 16.3. The molecule has 0 radical (unpaired) electrons. The van der Waals surface area contributed by atoms with Crippen LogP contribution in [-0.4, -0.2) is 31.7 Å². The molecule has 1 N–H and O–H groups in total. The summed E-state index contributed by atoms with van der Waals surface area (Å²) in [7, 11) is 0. The van der Waals surface area contributed by atoms with Crippen molar-refractivity contribution < 1.29 is 14.5 Å². The van der Waals surface area contributed by atoms with Gasteiger partial charge < -0.3 is 10.1 Å². The summed E-state index contributed by atoms with van der Waals surface area (Å²) >= 11 is 0. The molecule has 0 atom stereocenters. The fourth-order valence-corrected chi connectivity index (χ4v) is 3.25. The summed E-state index contributed by atoms with van der Waals surface area (Å²) < 4.78 is 7.41. The lowest BCUT2D eigenvalue weighted by Gasteiger charge is -2.09. The van der Waals surface area contributed by atoms with E-state index >= 15 is 0 Å². The molecule has 3 aromatic carbocycles. The van der Waals surface area contributed by atoms with Crippen LogP contribution in [-0.2, 0) is 0 Å². The molecule has 0 aliphatic carbocycles. The number of hydrogen-bond donors (Lipinski definition) is 1. The summed E-state index contributed by atoms with van der Waals surface area (Å²) in [6.07, 6.45) is -0.0706. The number of nitro groups is 1. The monoisotopic (exact) mass is 457 g/mol. The molecule has 172 valence electrons. The van der Waals surface area contributed by atoms with Gasteiger partial charge in [-0.1, -0.05) is 29.8 Å². The van der Waals surface area contributed by atoms with Crippen molar-refractivity contribution in [3.8, 4) is 23.1 Å². The molecule has 4 aromatic rings. The van der Waals surface area contributed by atoms with Crippen molar-refractivity contribution >= 4 is 17.3 Å². The van der Waals surface area contributed by atoms with Crippen LogP contribution < -0.4 is 10.1 Å². The number of nitro benzene ring substituents is 1.